The van der Waals surface area contributed by atoms with Crippen LogP contribution in [0.3, 0.4) is 0 Å². The van der Waals surface area contributed by atoms with Gasteiger partial charge in [0, 0.05) is 30.3 Å². The summed E-state index contributed by atoms with van der Waals surface area (Å²) in [7, 11) is 0. The maximum atomic E-state index is 6.18. The van der Waals surface area contributed by atoms with Gasteiger partial charge in [-0.05, 0) is 23.3 Å². The van der Waals surface area contributed by atoms with Crippen molar-refractivity contribution in [1.82, 2.24) is 0 Å². The second-order valence-corrected chi connectivity index (χ2v) is 6.73. The van der Waals surface area contributed by atoms with Gasteiger partial charge in [-0.25, -0.2) is 0 Å². The molecule has 0 spiro atoms. The highest BCUT2D eigenvalue weighted by molar-refractivity contribution is 5.65. The van der Waals surface area contributed by atoms with Crippen LogP contribution in [0.5, 0.6) is 5.75 Å². The SMILES string of the molecule is C[C@H]1CN(Cc2ccccc2)c2cccc(OCc3ccccc3)c21. The first kappa shape index (κ1) is 15.8. The van der Waals surface area contributed by atoms with Crippen molar-refractivity contribution in [3.05, 3.63) is 95.6 Å². The maximum absolute atomic E-state index is 6.18. The van der Waals surface area contributed by atoms with Gasteiger partial charge in [0.05, 0.1) is 0 Å². The predicted octanol–water partition coefficient (Wildman–Crippen LogP) is 5.39. The van der Waals surface area contributed by atoms with E-state index in [1.54, 1.807) is 0 Å². The number of rotatable bonds is 5. The van der Waals surface area contributed by atoms with Gasteiger partial charge in [0.25, 0.3) is 0 Å². The van der Waals surface area contributed by atoms with E-state index in [4.69, 9.17) is 4.74 Å². The van der Waals surface area contributed by atoms with Crippen LogP contribution >= 0.6 is 0 Å². The average molecular weight is 329 g/mol. The number of nitrogens with zero attached hydrogens (tertiary/aromatic N) is 1. The van der Waals surface area contributed by atoms with Crippen molar-refractivity contribution in [2.75, 3.05) is 11.4 Å². The Bertz CT molecular complexity index is 829. The van der Waals surface area contributed by atoms with Crippen molar-refractivity contribution in [1.29, 1.82) is 0 Å². The Morgan fingerprint density at radius 2 is 1.52 bits per heavy atom. The van der Waals surface area contributed by atoms with Crippen molar-refractivity contribution in [2.24, 2.45) is 0 Å². The largest absolute Gasteiger partial charge is 0.489 e. The molecule has 0 unspecified atom stereocenters. The van der Waals surface area contributed by atoms with E-state index in [2.05, 4.69) is 84.6 Å². The molecule has 0 aromatic heterocycles. The molecule has 0 aliphatic carbocycles. The van der Waals surface area contributed by atoms with E-state index in [9.17, 15) is 0 Å². The molecular formula is C23H23NO. The summed E-state index contributed by atoms with van der Waals surface area (Å²) in [5.74, 6) is 1.50. The second-order valence-electron chi connectivity index (χ2n) is 6.73. The Morgan fingerprint density at radius 3 is 2.24 bits per heavy atom. The third-order valence-corrected chi connectivity index (χ3v) is 4.82. The van der Waals surface area contributed by atoms with Crippen molar-refractivity contribution in [3.8, 4) is 5.75 Å². The molecular weight excluding hydrogens is 306 g/mol. The van der Waals surface area contributed by atoms with Crippen LogP contribution in [0.4, 0.5) is 5.69 Å². The van der Waals surface area contributed by atoms with Crippen molar-refractivity contribution in [2.45, 2.75) is 26.0 Å². The van der Waals surface area contributed by atoms with Gasteiger partial charge in [0.15, 0.2) is 0 Å². The van der Waals surface area contributed by atoms with E-state index < -0.39 is 0 Å². The van der Waals surface area contributed by atoms with Gasteiger partial charge in [-0.15, -0.1) is 0 Å². The standard InChI is InChI=1S/C23H23NO/c1-18-15-24(16-19-9-4-2-5-10-19)21-13-8-14-22(23(18)21)25-17-20-11-6-3-7-12-20/h2-14,18H,15-17H2,1H3/t18-/m0/s1. The van der Waals surface area contributed by atoms with Gasteiger partial charge in [-0.1, -0.05) is 73.7 Å². The molecule has 1 aliphatic rings. The highest BCUT2D eigenvalue weighted by atomic mass is 16.5. The average Bonchev–Trinajstić information content (AvgIpc) is 2.98. The summed E-state index contributed by atoms with van der Waals surface area (Å²) in [4.78, 5) is 2.46. The predicted molar refractivity (Wildman–Crippen MR) is 103 cm³/mol. The lowest BCUT2D eigenvalue weighted by molar-refractivity contribution is 0.302. The molecule has 0 N–H and O–H groups in total. The zero-order chi connectivity index (χ0) is 17.1. The number of benzene rings is 3. The summed E-state index contributed by atoms with van der Waals surface area (Å²) in [6, 6.07) is 27.4. The number of anilines is 1. The van der Waals surface area contributed by atoms with Gasteiger partial charge >= 0.3 is 0 Å². The van der Waals surface area contributed by atoms with E-state index in [0.29, 0.717) is 12.5 Å². The Balaban J connectivity index is 1.56. The molecule has 126 valence electrons. The fraction of sp³-hybridized carbons (Fsp3) is 0.217. The monoisotopic (exact) mass is 329 g/mol. The quantitative estimate of drug-likeness (QED) is 0.622. The smallest absolute Gasteiger partial charge is 0.125 e. The van der Waals surface area contributed by atoms with Gasteiger partial charge in [-0.2, -0.15) is 0 Å². The molecule has 0 amide bonds. The van der Waals surface area contributed by atoms with E-state index in [0.717, 1.165) is 18.8 Å². The summed E-state index contributed by atoms with van der Waals surface area (Å²) in [5.41, 5.74) is 5.20. The van der Waals surface area contributed by atoms with E-state index in [1.165, 1.54) is 22.4 Å². The highest BCUT2D eigenvalue weighted by Gasteiger charge is 2.28. The Hall–Kier alpha value is -2.74. The number of ether oxygens (including phenoxy) is 1. The first-order valence-electron chi connectivity index (χ1n) is 8.90. The molecule has 1 aliphatic heterocycles. The third kappa shape index (κ3) is 3.39. The summed E-state index contributed by atoms with van der Waals surface area (Å²) in [5, 5.41) is 0. The van der Waals surface area contributed by atoms with Crippen LogP contribution in [0.25, 0.3) is 0 Å². The molecule has 1 heterocycles. The molecule has 0 saturated carbocycles. The first-order chi connectivity index (χ1) is 12.3. The molecule has 3 aromatic carbocycles. The van der Waals surface area contributed by atoms with Gasteiger partial charge in [0.1, 0.15) is 12.4 Å². The van der Waals surface area contributed by atoms with Crippen molar-refractivity contribution in [3.63, 3.8) is 0 Å². The molecule has 1 atom stereocenters. The van der Waals surface area contributed by atoms with Crippen LogP contribution in [0.1, 0.15) is 29.5 Å². The van der Waals surface area contributed by atoms with Crippen LogP contribution in [-0.4, -0.2) is 6.54 Å². The lowest BCUT2D eigenvalue weighted by Gasteiger charge is -2.20. The number of fused-ring (bicyclic) bond motifs is 1. The van der Waals surface area contributed by atoms with Gasteiger partial charge in [0.2, 0.25) is 0 Å². The normalized spacial score (nSPS) is 15.9. The minimum atomic E-state index is 0.477. The molecule has 0 radical (unpaired) electrons. The second kappa shape index (κ2) is 7.02. The van der Waals surface area contributed by atoms with Crippen LogP contribution in [0.2, 0.25) is 0 Å². The lowest BCUT2D eigenvalue weighted by Crippen LogP contribution is -2.20. The number of hydrogen-bond donors (Lipinski definition) is 0. The fourth-order valence-electron chi connectivity index (χ4n) is 3.64. The van der Waals surface area contributed by atoms with E-state index >= 15 is 0 Å². The molecule has 0 saturated heterocycles. The van der Waals surface area contributed by atoms with Crippen molar-refractivity contribution < 1.29 is 4.74 Å². The third-order valence-electron chi connectivity index (χ3n) is 4.82. The molecule has 25 heavy (non-hydrogen) atoms. The van der Waals surface area contributed by atoms with Crippen LogP contribution in [0, 0.1) is 0 Å². The summed E-state index contributed by atoms with van der Waals surface area (Å²) < 4.78 is 6.18. The molecule has 4 rings (SSSR count). The van der Waals surface area contributed by atoms with Gasteiger partial charge < -0.3 is 9.64 Å². The zero-order valence-corrected chi connectivity index (χ0v) is 14.6. The molecule has 2 nitrogen and oxygen atoms in total. The first-order valence-corrected chi connectivity index (χ1v) is 8.90. The Kier molecular flexibility index (Phi) is 4.43. The van der Waals surface area contributed by atoms with Crippen LogP contribution in [-0.2, 0) is 13.2 Å². The van der Waals surface area contributed by atoms with Gasteiger partial charge in [-0.3, -0.25) is 0 Å². The van der Waals surface area contributed by atoms with E-state index in [-0.39, 0.29) is 0 Å². The summed E-state index contributed by atoms with van der Waals surface area (Å²) in [6.45, 7) is 4.89. The minimum Gasteiger partial charge on any atom is -0.489 e. The summed E-state index contributed by atoms with van der Waals surface area (Å²) in [6.07, 6.45) is 0. The van der Waals surface area contributed by atoms with Crippen LogP contribution < -0.4 is 9.64 Å². The Morgan fingerprint density at radius 1 is 0.840 bits per heavy atom. The van der Waals surface area contributed by atoms with Crippen molar-refractivity contribution >= 4 is 5.69 Å². The molecule has 0 fully saturated rings. The topological polar surface area (TPSA) is 12.5 Å². The minimum absolute atomic E-state index is 0.477. The highest BCUT2D eigenvalue weighted by Crippen LogP contribution is 2.42. The zero-order valence-electron chi connectivity index (χ0n) is 14.6. The fourth-order valence-corrected chi connectivity index (χ4v) is 3.64. The Labute approximate surface area is 149 Å². The molecule has 3 aromatic rings. The van der Waals surface area contributed by atoms with E-state index in [1.807, 2.05) is 6.07 Å². The molecule has 0 bridgehead atoms. The molecule has 2 heteroatoms. The maximum Gasteiger partial charge on any atom is 0.125 e. The van der Waals surface area contributed by atoms with Crippen LogP contribution in [0.15, 0.2) is 78.9 Å². The summed E-state index contributed by atoms with van der Waals surface area (Å²) >= 11 is 0. The lowest BCUT2D eigenvalue weighted by atomic mass is 10.0. The number of hydrogen-bond acceptors (Lipinski definition) is 2.